The van der Waals surface area contributed by atoms with Crippen LogP contribution in [-0.2, 0) is 20.2 Å². The molecule has 18 heteroatoms. The van der Waals surface area contributed by atoms with Gasteiger partial charge in [0.15, 0.2) is 0 Å². The van der Waals surface area contributed by atoms with E-state index >= 15 is 0 Å². The summed E-state index contributed by atoms with van der Waals surface area (Å²) in [6.45, 7) is 0. The van der Waals surface area contributed by atoms with Gasteiger partial charge >= 0.3 is 0 Å². The molecule has 0 saturated carbocycles. The summed E-state index contributed by atoms with van der Waals surface area (Å²) in [5.41, 5.74) is 8.94. The number of halogens is 1. The van der Waals surface area contributed by atoms with Crippen molar-refractivity contribution in [3.63, 3.8) is 0 Å². The second-order valence-corrected chi connectivity index (χ2v) is 12.3. The maximum Gasteiger partial charge on any atom is 0.294 e. The molecule has 0 unspecified atom stereocenters. The first-order chi connectivity index (χ1) is 21.4. The van der Waals surface area contributed by atoms with Crippen LogP contribution in [0.3, 0.4) is 0 Å². The van der Waals surface area contributed by atoms with Crippen LogP contribution in [0.4, 0.5) is 34.1 Å². The van der Waals surface area contributed by atoms with Gasteiger partial charge in [-0.15, -0.1) is 0 Å². The highest BCUT2D eigenvalue weighted by Gasteiger charge is 2.14. The lowest BCUT2D eigenvalue weighted by Gasteiger charge is -2.25. The summed E-state index contributed by atoms with van der Waals surface area (Å²) in [5.74, 6) is 0.936. The van der Waals surface area contributed by atoms with Crippen molar-refractivity contribution in [2.75, 3.05) is 5.32 Å². The Morgan fingerprint density at radius 2 is 0.956 bits per heavy atom. The van der Waals surface area contributed by atoms with Crippen molar-refractivity contribution in [1.29, 1.82) is 0 Å². The predicted octanol–water partition coefficient (Wildman–Crippen LogP) is 6.47. The molecule has 0 fully saturated rings. The molecule has 230 valence electrons. The SMILES string of the molecule is O=S(=O)(O)c1ccc(N=Nc2ccc(N=C3C=C(Nc4ccc(N=Nc5ccc(S(=O)(=O)O)cc5)cc4)NN(Cl)N3)cc2)cc1. The lowest BCUT2D eigenvalue weighted by atomic mass is 10.3. The van der Waals surface area contributed by atoms with Gasteiger partial charge in [-0.2, -0.15) is 37.3 Å². The Morgan fingerprint density at radius 1 is 0.578 bits per heavy atom. The zero-order chi connectivity index (χ0) is 32.0. The molecular formula is C27H22ClN9O6S2. The minimum atomic E-state index is -4.28. The van der Waals surface area contributed by atoms with Crippen LogP contribution in [0.1, 0.15) is 0 Å². The van der Waals surface area contributed by atoms with E-state index in [-0.39, 0.29) is 9.79 Å². The van der Waals surface area contributed by atoms with Crippen LogP contribution in [0.15, 0.2) is 144 Å². The molecule has 0 spiro atoms. The van der Waals surface area contributed by atoms with Crippen LogP contribution in [0.2, 0.25) is 0 Å². The Hall–Kier alpha value is -5.04. The number of benzene rings is 4. The topological polar surface area (TPSA) is 210 Å². The summed E-state index contributed by atoms with van der Waals surface area (Å²) in [5, 5.41) is 19.5. The van der Waals surface area contributed by atoms with Gasteiger partial charge < -0.3 is 5.32 Å². The third kappa shape index (κ3) is 8.99. The average Bonchev–Trinajstić information content (AvgIpc) is 3.00. The third-order valence-corrected chi connectivity index (χ3v) is 7.69. The van der Waals surface area contributed by atoms with Crippen molar-refractivity contribution < 1.29 is 25.9 Å². The maximum atomic E-state index is 11.2. The average molecular weight is 668 g/mol. The number of hydrogen-bond donors (Lipinski definition) is 5. The molecule has 0 radical (unpaired) electrons. The van der Waals surface area contributed by atoms with Gasteiger partial charge in [-0.1, -0.05) is 0 Å². The van der Waals surface area contributed by atoms with E-state index in [2.05, 4.69) is 41.6 Å². The predicted molar refractivity (Wildman–Crippen MR) is 167 cm³/mol. The van der Waals surface area contributed by atoms with Crippen LogP contribution in [0, 0.1) is 0 Å². The molecule has 0 aliphatic carbocycles. The number of nitrogens with zero attached hydrogens (tertiary/aromatic N) is 6. The summed E-state index contributed by atoms with van der Waals surface area (Å²) < 4.78 is 63.9. The summed E-state index contributed by atoms with van der Waals surface area (Å²) in [7, 11) is -8.56. The second kappa shape index (κ2) is 13.3. The highest BCUT2D eigenvalue weighted by Crippen LogP contribution is 2.24. The van der Waals surface area contributed by atoms with Crippen molar-refractivity contribution in [2.45, 2.75) is 9.79 Å². The number of rotatable bonds is 9. The molecule has 0 atom stereocenters. The summed E-state index contributed by atoms with van der Waals surface area (Å²) in [4.78, 5) is 4.07. The lowest BCUT2D eigenvalue weighted by molar-refractivity contribution is 0.330. The van der Waals surface area contributed by atoms with Crippen LogP contribution in [0.25, 0.3) is 0 Å². The summed E-state index contributed by atoms with van der Waals surface area (Å²) >= 11 is 6.16. The van der Waals surface area contributed by atoms with E-state index in [4.69, 9.17) is 20.9 Å². The molecule has 15 nitrogen and oxygen atoms in total. The molecule has 0 aromatic heterocycles. The molecule has 1 heterocycles. The van der Waals surface area contributed by atoms with E-state index in [1.807, 2.05) is 0 Å². The van der Waals surface area contributed by atoms with Gasteiger partial charge in [0, 0.05) is 23.5 Å². The molecule has 45 heavy (non-hydrogen) atoms. The number of nitrogens with one attached hydrogen (secondary N) is 3. The normalized spacial score (nSPS) is 15.2. The first kappa shape index (κ1) is 31.4. The van der Waals surface area contributed by atoms with Gasteiger partial charge in [0.1, 0.15) is 11.7 Å². The van der Waals surface area contributed by atoms with Crippen LogP contribution in [0.5, 0.6) is 0 Å². The second-order valence-electron chi connectivity index (χ2n) is 9.09. The van der Waals surface area contributed by atoms with E-state index in [1.54, 1.807) is 54.6 Å². The van der Waals surface area contributed by atoms with E-state index in [0.717, 1.165) is 4.64 Å². The Bertz CT molecular complexity index is 2020. The molecule has 1 aliphatic rings. The number of hydrazine groups is 2. The Morgan fingerprint density at radius 3 is 1.38 bits per heavy atom. The van der Waals surface area contributed by atoms with Crippen LogP contribution < -0.4 is 16.2 Å². The van der Waals surface area contributed by atoms with Gasteiger partial charge in [0.25, 0.3) is 20.2 Å². The van der Waals surface area contributed by atoms with Gasteiger partial charge in [-0.05, 0) is 102 Å². The molecule has 1 aliphatic heterocycles. The van der Waals surface area contributed by atoms with Crippen molar-refractivity contribution in [2.24, 2.45) is 25.4 Å². The number of amidine groups is 1. The summed E-state index contributed by atoms with van der Waals surface area (Å²) in [6, 6.07) is 24.5. The first-order valence-corrected chi connectivity index (χ1v) is 15.9. The Labute approximate surface area is 262 Å². The standard InChI is InChI=1S/C27H22ClN9O6S2/c28-37-35-26(29-18-1-5-20(6-2-18)31-33-22-9-13-24(14-10-22)44(38,39)40)17-27(36-37)30-19-3-7-21(8-4-19)32-34-23-11-15-25(16-12-23)45(41,42)43/h1-17,29,35H,(H,30,36)(H,38,39,40)(H,41,42,43). The van der Waals surface area contributed by atoms with E-state index in [0.29, 0.717) is 45.8 Å². The van der Waals surface area contributed by atoms with Crippen molar-refractivity contribution in [1.82, 2.24) is 15.5 Å². The highest BCUT2D eigenvalue weighted by atomic mass is 35.5. The number of hydrogen-bond acceptors (Lipinski definition) is 12. The van der Waals surface area contributed by atoms with E-state index in [1.165, 1.54) is 48.5 Å². The zero-order valence-electron chi connectivity index (χ0n) is 22.7. The Balaban J connectivity index is 1.21. The fourth-order valence-electron chi connectivity index (χ4n) is 3.66. The third-order valence-electron chi connectivity index (χ3n) is 5.79. The molecule has 5 N–H and O–H groups in total. The molecule has 0 saturated heterocycles. The van der Waals surface area contributed by atoms with Crippen LogP contribution >= 0.6 is 11.8 Å². The van der Waals surface area contributed by atoms with Gasteiger partial charge in [0.2, 0.25) is 0 Å². The molecule has 5 rings (SSSR count). The zero-order valence-corrected chi connectivity index (χ0v) is 25.1. The quantitative estimate of drug-likeness (QED) is 0.0745. The Kier molecular flexibility index (Phi) is 9.28. The van der Waals surface area contributed by atoms with Gasteiger partial charge in [-0.3, -0.25) is 20.0 Å². The number of anilines is 1. The highest BCUT2D eigenvalue weighted by molar-refractivity contribution is 7.86. The smallest absolute Gasteiger partial charge is 0.294 e. The van der Waals surface area contributed by atoms with Gasteiger partial charge in [0.05, 0.1) is 38.2 Å². The maximum absolute atomic E-state index is 11.2. The monoisotopic (exact) mass is 667 g/mol. The van der Waals surface area contributed by atoms with Crippen LogP contribution in [-0.4, -0.2) is 36.4 Å². The lowest BCUT2D eigenvalue weighted by Crippen LogP contribution is -2.49. The van der Waals surface area contributed by atoms with Crippen molar-refractivity contribution in [3.8, 4) is 0 Å². The van der Waals surface area contributed by atoms with E-state index < -0.39 is 20.2 Å². The number of azo groups is 2. The minimum Gasteiger partial charge on any atom is -0.341 e. The molecule has 0 amide bonds. The minimum absolute atomic E-state index is 0.231. The molecule has 4 aromatic carbocycles. The molecule has 4 aromatic rings. The van der Waals surface area contributed by atoms with Crippen molar-refractivity contribution in [3.05, 3.63) is 109 Å². The fraction of sp³-hybridized carbons (Fsp3) is 0. The largest absolute Gasteiger partial charge is 0.341 e. The van der Waals surface area contributed by atoms with E-state index in [9.17, 15) is 16.8 Å². The first-order valence-electron chi connectivity index (χ1n) is 12.7. The number of aliphatic imine (C=N–C) groups is 1. The van der Waals surface area contributed by atoms with Crippen molar-refractivity contribution >= 4 is 72.0 Å². The molecule has 0 bridgehead atoms. The fourth-order valence-corrected chi connectivity index (χ4v) is 4.79. The van der Waals surface area contributed by atoms with Gasteiger partial charge in [-0.25, -0.2) is 4.99 Å². The molecular weight excluding hydrogens is 646 g/mol. The summed E-state index contributed by atoms with van der Waals surface area (Å²) in [6.07, 6.45) is 1.70.